The third-order valence-electron chi connectivity index (χ3n) is 3.25. The Balaban J connectivity index is 2.37. The van der Waals surface area contributed by atoms with Crippen LogP contribution in [0.3, 0.4) is 0 Å². The van der Waals surface area contributed by atoms with Crippen LogP contribution in [0.5, 0.6) is 11.5 Å². The van der Waals surface area contributed by atoms with E-state index in [1.54, 1.807) is 20.3 Å². The van der Waals surface area contributed by atoms with E-state index in [2.05, 4.69) is 10.1 Å². The van der Waals surface area contributed by atoms with Gasteiger partial charge in [0.25, 0.3) is 0 Å². The average Bonchev–Trinajstić information content (AvgIpc) is 2.94. The summed E-state index contributed by atoms with van der Waals surface area (Å²) in [7, 11) is 3.19. The molecule has 0 fully saturated rings. The zero-order valence-corrected chi connectivity index (χ0v) is 13.0. The van der Waals surface area contributed by atoms with Gasteiger partial charge in [0, 0.05) is 11.6 Å². The lowest BCUT2D eigenvalue weighted by Crippen LogP contribution is -2.26. The standard InChI is InChI=1S/C15H21N3O3/c1-15(2,3)12(16)14-17-13(18-21-14)9-6-10(19-4)8-11(7-9)20-5/h6-8,12H,16H2,1-5H3. The monoisotopic (exact) mass is 291 g/mol. The first kappa shape index (κ1) is 15.3. The van der Waals surface area contributed by atoms with E-state index in [-0.39, 0.29) is 11.5 Å². The van der Waals surface area contributed by atoms with Crippen LogP contribution in [0.25, 0.3) is 11.4 Å². The molecule has 0 saturated carbocycles. The Hall–Kier alpha value is -2.08. The molecule has 0 bridgehead atoms. The van der Waals surface area contributed by atoms with E-state index in [9.17, 15) is 0 Å². The van der Waals surface area contributed by atoms with Gasteiger partial charge in [-0.1, -0.05) is 25.9 Å². The van der Waals surface area contributed by atoms with Crippen LogP contribution in [0.1, 0.15) is 32.7 Å². The third kappa shape index (κ3) is 3.33. The molecule has 21 heavy (non-hydrogen) atoms. The highest BCUT2D eigenvalue weighted by molar-refractivity contribution is 5.60. The number of nitrogens with zero attached hydrogens (tertiary/aromatic N) is 2. The Morgan fingerprint density at radius 1 is 1.10 bits per heavy atom. The molecule has 0 aliphatic carbocycles. The summed E-state index contributed by atoms with van der Waals surface area (Å²) in [5, 5.41) is 3.99. The third-order valence-corrected chi connectivity index (χ3v) is 3.25. The van der Waals surface area contributed by atoms with Gasteiger partial charge in [0.2, 0.25) is 11.7 Å². The van der Waals surface area contributed by atoms with Gasteiger partial charge in [-0.3, -0.25) is 0 Å². The molecular weight excluding hydrogens is 270 g/mol. The number of rotatable bonds is 4. The molecule has 1 aromatic carbocycles. The summed E-state index contributed by atoms with van der Waals surface area (Å²) >= 11 is 0. The summed E-state index contributed by atoms with van der Waals surface area (Å²) in [5.74, 6) is 2.20. The summed E-state index contributed by atoms with van der Waals surface area (Å²) in [5.41, 5.74) is 6.73. The summed E-state index contributed by atoms with van der Waals surface area (Å²) in [6.07, 6.45) is 0. The van der Waals surface area contributed by atoms with E-state index < -0.39 is 0 Å². The normalized spacial score (nSPS) is 13.0. The highest BCUT2D eigenvalue weighted by Gasteiger charge is 2.27. The summed E-state index contributed by atoms with van der Waals surface area (Å²) < 4.78 is 15.8. The first-order valence-electron chi connectivity index (χ1n) is 6.67. The smallest absolute Gasteiger partial charge is 0.244 e. The molecule has 6 nitrogen and oxygen atoms in total. The molecule has 0 aliphatic rings. The summed E-state index contributed by atoms with van der Waals surface area (Å²) in [4.78, 5) is 4.38. The molecule has 0 aliphatic heterocycles. The van der Waals surface area contributed by atoms with Crippen molar-refractivity contribution in [2.45, 2.75) is 26.8 Å². The van der Waals surface area contributed by atoms with Gasteiger partial charge >= 0.3 is 0 Å². The predicted octanol–water partition coefficient (Wildman–Crippen LogP) is 2.80. The van der Waals surface area contributed by atoms with Gasteiger partial charge in [0.15, 0.2) is 0 Å². The Kier molecular flexibility index (Phi) is 4.18. The fraction of sp³-hybridized carbons (Fsp3) is 0.467. The molecule has 114 valence electrons. The molecule has 0 radical (unpaired) electrons. The number of nitrogens with two attached hydrogens (primary N) is 1. The Morgan fingerprint density at radius 2 is 1.67 bits per heavy atom. The maximum atomic E-state index is 6.13. The molecular formula is C15H21N3O3. The lowest BCUT2D eigenvalue weighted by molar-refractivity contribution is 0.253. The van der Waals surface area contributed by atoms with Gasteiger partial charge in [-0.2, -0.15) is 4.98 Å². The molecule has 6 heteroatoms. The average molecular weight is 291 g/mol. The van der Waals surface area contributed by atoms with E-state index >= 15 is 0 Å². The van der Waals surface area contributed by atoms with E-state index in [0.29, 0.717) is 23.2 Å². The van der Waals surface area contributed by atoms with E-state index in [1.807, 2.05) is 32.9 Å². The molecule has 1 aromatic heterocycles. The van der Waals surface area contributed by atoms with Crippen molar-refractivity contribution in [1.29, 1.82) is 0 Å². The second kappa shape index (κ2) is 5.73. The molecule has 1 unspecified atom stereocenters. The number of hydrogen-bond acceptors (Lipinski definition) is 6. The lowest BCUT2D eigenvalue weighted by Gasteiger charge is -2.23. The first-order chi connectivity index (χ1) is 9.85. The zero-order valence-electron chi connectivity index (χ0n) is 13.0. The first-order valence-corrected chi connectivity index (χ1v) is 6.67. The number of aromatic nitrogens is 2. The minimum absolute atomic E-state index is 0.157. The van der Waals surface area contributed by atoms with Gasteiger partial charge in [0.05, 0.1) is 20.3 Å². The molecule has 2 aromatic rings. The van der Waals surface area contributed by atoms with Crippen LogP contribution in [0.4, 0.5) is 0 Å². The molecule has 0 spiro atoms. The van der Waals surface area contributed by atoms with E-state index in [4.69, 9.17) is 19.7 Å². The number of hydrogen-bond donors (Lipinski definition) is 1. The Bertz CT molecular complexity index is 595. The van der Waals surface area contributed by atoms with Crippen LogP contribution in [0.15, 0.2) is 22.7 Å². The second-order valence-electron chi connectivity index (χ2n) is 5.90. The minimum Gasteiger partial charge on any atom is -0.497 e. The minimum atomic E-state index is -0.328. The largest absolute Gasteiger partial charge is 0.497 e. The molecule has 0 saturated heterocycles. The van der Waals surface area contributed by atoms with Crippen LogP contribution in [0, 0.1) is 5.41 Å². The van der Waals surface area contributed by atoms with Gasteiger partial charge in [-0.25, -0.2) is 0 Å². The van der Waals surface area contributed by atoms with Crippen molar-refractivity contribution in [1.82, 2.24) is 10.1 Å². The lowest BCUT2D eigenvalue weighted by atomic mass is 9.87. The topological polar surface area (TPSA) is 83.4 Å². The van der Waals surface area contributed by atoms with Crippen molar-refractivity contribution in [3.05, 3.63) is 24.1 Å². The molecule has 1 atom stereocenters. The SMILES string of the molecule is COc1cc(OC)cc(-c2noc(C(N)C(C)(C)C)n2)c1. The fourth-order valence-corrected chi connectivity index (χ4v) is 1.79. The van der Waals surface area contributed by atoms with Crippen LogP contribution in [-0.4, -0.2) is 24.4 Å². The Labute approximate surface area is 124 Å². The maximum absolute atomic E-state index is 6.13. The zero-order chi connectivity index (χ0) is 15.6. The van der Waals surface area contributed by atoms with E-state index in [1.165, 1.54) is 0 Å². The second-order valence-corrected chi connectivity index (χ2v) is 5.90. The Morgan fingerprint density at radius 3 is 2.14 bits per heavy atom. The van der Waals surface area contributed by atoms with Gasteiger partial charge in [-0.15, -0.1) is 0 Å². The molecule has 2 N–H and O–H groups in total. The predicted molar refractivity (Wildman–Crippen MR) is 79.2 cm³/mol. The summed E-state index contributed by atoms with van der Waals surface area (Å²) in [6.45, 7) is 6.07. The van der Waals surface area contributed by atoms with Gasteiger partial charge in [-0.05, 0) is 17.5 Å². The van der Waals surface area contributed by atoms with Crippen molar-refractivity contribution in [2.24, 2.45) is 11.1 Å². The summed E-state index contributed by atoms with van der Waals surface area (Å²) in [6, 6.07) is 5.09. The highest BCUT2D eigenvalue weighted by atomic mass is 16.5. The van der Waals surface area contributed by atoms with Crippen molar-refractivity contribution >= 4 is 0 Å². The van der Waals surface area contributed by atoms with Crippen LogP contribution in [0.2, 0.25) is 0 Å². The highest BCUT2D eigenvalue weighted by Crippen LogP contribution is 2.32. The maximum Gasteiger partial charge on any atom is 0.244 e. The van der Waals surface area contributed by atoms with Crippen molar-refractivity contribution in [3.8, 4) is 22.9 Å². The number of methoxy groups -OCH3 is 2. The van der Waals surface area contributed by atoms with Crippen LogP contribution >= 0.6 is 0 Å². The quantitative estimate of drug-likeness (QED) is 0.932. The molecule has 2 rings (SSSR count). The number of benzene rings is 1. The van der Waals surface area contributed by atoms with E-state index in [0.717, 1.165) is 5.56 Å². The van der Waals surface area contributed by atoms with Crippen molar-refractivity contribution in [2.75, 3.05) is 14.2 Å². The fourth-order valence-electron chi connectivity index (χ4n) is 1.79. The van der Waals surface area contributed by atoms with Crippen LogP contribution in [-0.2, 0) is 0 Å². The molecule has 0 amide bonds. The van der Waals surface area contributed by atoms with Crippen molar-refractivity contribution in [3.63, 3.8) is 0 Å². The molecule has 1 heterocycles. The number of ether oxygens (including phenoxy) is 2. The van der Waals surface area contributed by atoms with Gasteiger partial charge in [0.1, 0.15) is 11.5 Å². The van der Waals surface area contributed by atoms with Gasteiger partial charge < -0.3 is 19.7 Å². The van der Waals surface area contributed by atoms with Crippen molar-refractivity contribution < 1.29 is 14.0 Å². The van der Waals surface area contributed by atoms with Crippen LogP contribution < -0.4 is 15.2 Å².